The van der Waals surface area contributed by atoms with Gasteiger partial charge in [0.1, 0.15) is 5.57 Å². The van der Waals surface area contributed by atoms with Gasteiger partial charge in [-0.25, -0.2) is 4.79 Å². The lowest BCUT2D eigenvalue weighted by Crippen LogP contribution is -2.17. The van der Waals surface area contributed by atoms with Gasteiger partial charge in [0.2, 0.25) is 0 Å². The van der Waals surface area contributed by atoms with Crippen LogP contribution in [-0.4, -0.2) is 25.4 Å². The zero-order chi connectivity index (χ0) is 14.1. The number of ether oxygens (including phenoxy) is 1. The standard InChI is InChI=1S/C15H17NO3/c1-3-16-11-13(15(18)19-2)14(17)10-9-12-7-5-4-6-8-12/h4-11,16H,3H2,1-2H3. The molecule has 0 aliphatic heterocycles. The molecule has 0 aliphatic carbocycles. The molecule has 1 aromatic rings. The first-order valence-corrected chi connectivity index (χ1v) is 5.98. The molecule has 100 valence electrons. The fourth-order valence-electron chi connectivity index (χ4n) is 1.37. The number of nitrogens with one attached hydrogen (secondary N) is 1. The quantitative estimate of drug-likeness (QED) is 0.367. The number of carbonyl (C=O) groups is 2. The normalized spacial score (nSPS) is 11.4. The minimum atomic E-state index is -0.649. The summed E-state index contributed by atoms with van der Waals surface area (Å²) in [5, 5.41) is 2.83. The molecule has 0 bridgehead atoms. The minimum Gasteiger partial charge on any atom is -0.465 e. The topological polar surface area (TPSA) is 55.4 Å². The fraction of sp³-hybridized carbons (Fsp3) is 0.200. The van der Waals surface area contributed by atoms with Gasteiger partial charge < -0.3 is 10.1 Å². The van der Waals surface area contributed by atoms with Crippen molar-refractivity contribution in [2.75, 3.05) is 13.7 Å². The number of benzene rings is 1. The van der Waals surface area contributed by atoms with Crippen LogP contribution in [0.4, 0.5) is 0 Å². The molecule has 0 fully saturated rings. The van der Waals surface area contributed by atoms with E-state index in [1.54, 1.807) is 6.08 Å². The fourth-order valence-corrected chi connectivity index (χ4v) is 1.37. The monoisotopic (exact) mass is 259 g/mol. The van der Waals surface area contributed by atoms with E-state index in [-0.39, 0.29) is 5.57 Å². The summed E-state index contributed by atoms with van der Waals surface area (Å²) in [7, 11) is 1.25. The Morgan fingerprint density at radius 1 is 1.26 bits per heavy atom. The Morgan fingerprint density at radius 2 is 1.95 bits per heavy atom. The van der Waals surface area contributed by atoms with Gasteiger partial charge in [-0.2, -0.15) is 0 Å². The molecule has 1 N–H and O–H groups in total. The lowest BCUT2D eigenvalue weighted by Gasteiger charge is -2.02. The Morgan fingerprint density at radius 3 is 2.53 bits per heavy atom. The van der Waals surface area contributed by atoms with Crippen molar-refractivity contribution in [1.29, 1.82) is 0 Å². The number of carbonyl (C=O) groups excluding carboxylic acids is 2. The molecule has 0 amide bonds. The molecule has 4 nitrogen and oxygen atoms in total. The van der Waals surface area contributed by atoms with E-state index in [1.165, 1.54) is 19.4 Å². The molecule has 0 aromatic heterocycles. The average molecular weight is 259 g/mol. The van der Waals surface area contributed by atoms with Gasteiger partial charge in [0, 0.05) is 12.7 Å². The van der Waals surface area contributed by atoms with Crippen molar-refractivity contribution in [2.45, 2.75) is 6.92 Å². The van der Waals surface area contributed by atoms with Gasteiger partial charge in [-0.3, -0.25) is 4.79 Å². The van der Waals surface area contributed by atoms with E-state index in [1.807, 2.05) is 37.3 Å². The van der Waals surface area contributed by atoms with Crippen molar-refractivity contribution in [2.24, 2.45) is 0 Å². The van der Waals surface area contributed by atoms with Crippen LogP contribution in [-0.2, 0) is 14.3 Å². The van der Waals surface area contributed by atoms with E-state index < -0.39 is 11.8 Å². The summed E-state index contributed by atoms with van der Waals surface area (Å²) in [4.78, 5) is 23.4. The highest BCUT2D eigenvalue weighted by Crippen LogP contribution is 2.05. The second kappa shape index (κ2) is 7.87. The lowest BCUT2D eigenvalue weighted by atomic mass is 10.1. The van der Waals surface area contributed by atoms with Crippen LogP contribution in [0.25, 0.3) is 6.08 Å². The van der Waals surface area contributed by atoms with Crippen molar-refractivity contribution < 1.29 is 14.3 Å². The maximum Gasteiger partial charge on any atom is 0.343 e. The molecule has 4 heteroatoms. The number of methoxy groups -OCH3 is 1. The molecule has 0 aliphatic rings. The zero-order valence-electron chi connectivity index (χ0n) is 11.1. The zero-order valence-corrected chi connectivity index (χ0v) is 11.1. The summed E-state index contributed by atoms with van der Waals surface area (Å²) in [6.07, 6.45) is 4.39. The van der Waals surface area contributed by atoms with E-state index in [2.05, 4.69) is 10.1 Å². The molecule has 0 saturated heterocycles. The van der Waals surface area contributed by atoms with Gasteiger partial charge in [0.05, 0.1) is 7.11 Å². The third kappa shape index (κ3) is 4.79. The highest BCUT2D eigenvalue weighted by Gasteiger charge is 2.16. The van der Waals surface area contributed by atoms with Gasteiger partial charge in [0.25, 0.3) is 0 Å². The van der Waals surface area contributed by atoms with Crippen LogP contribution in [0, 0.1) is 0 Å². The molecule has 0 heterocycles. The molecule has 0 spiro atoms. The van der Waals surface area contributed by atoms with Gasteiger partial charge >= 0.3 is 5.97 Å². The molecule has 0 radical (unpaired) electrons. The number of rotatable bonds is 6. The maximum absolute atomic E-state index is 11.9. The summed E-state index contributed by atoms with van der Waals surface area (Å²) in [6.45, 7) is 2.49. The predicted molar refractivity (Wildman–Crippen MR) is 74.3 cm³/mol. The summed E-state index contributed by atoms with van der Waals surface area (Å²) < 4.78 is 4.58. The van der Waals surface area contributed by atoms with Crippen LogP contribution in [0.3, 0.4) is 0 Å². The van der Waals surface area contributed by atoms with E-state index in [4.69, 9.17) is 0 Å². The Balaban J connectivity index is 2.83. The summed E-state index contributed by atoms with van der Waals surface area (Å²) in [5.41, 5.74) is 0.875. The molecule has 0 unspecified atom stereocenters. The van der Waals surface area contributed by atoms with E-state index in [0.29, 0.717) is 6.54 Å². The third-order valence-corrected chi connectivity index (χ3v) is 2.35. The van der Waals surface area contributed by atoms with Crippen LogP contribution in [0.1, 0.15) is 12.5 Å². The molecule has 19 heavy (non-hydrogen) atoms. The van der Waals surface area contributed by atoms with Gasteiger partial charge in [0.15, 0.2) is 5.78 Å². The van der Waals surface area contributed by atoms with Crippen molar-refractivity contribution in [3.63, 3.8) is 0 Å². The highest BCUT2D eigenvalue weighted by atomic mass is 16.5. The third-order valence-electron chi connectivity index (χ3n) is 2.35. The summed E-state index contributed by atoms with van der Waals surface area (Å²) >= 11 is 0. The van der Waals surface area contributed by atoms with Crippen LogP contribution in [0.15, 0.2) is 48.2 Å². The Labute approximate surface area is 112 Å². The number of hydrogen-bond acceptors (Lipinski definition) is 4. The first-order chi connectivity index (χ1) is 9.19. The highest BCUT2D eigenvalue weighted by molar-refractivity contribution is 6.22. The molecular formula is C15H17NO3. The Bertz CT molecular complexity index is 489. The minimum absolute atomic E-state index is 0.0171. The van der Waals surface area contributed by atoms with Gasteiger partial charge in [-0.15, -0.1) is 0 Å². The van der Waals surface area contributed by atoms with Crippen LogP contribution in [0.5, 0.6) is 0 Å². The molecular weight excluding hydrogens is 242 g/mol. The smallest absolute Gasteiger partial charge is 0.343 e. The van der Waals surface area contributed by atoms with Gasteiger partial charge in [-0.1, -0.05) is 36.4 Å². The van der Waals surface area contributed by atoms with E-state index >= 15 is 0 Å². The average Bonchev–Trinajstić information content (AvgIpc) is 2.46. The number of allylic oxidation sites excluding steroid dienone is 1. The first-order valence-electron chi connectivity index (χ1n) is 5.98. The Hall–Kier alpha value is -2.36. The van der Waals surface area contributed by atoms with E-state index in [9.17, 15) is 9.59 Å². The van der Waals surface area contributed by atoms with Crippen LogP contribution in [0.2, 0.25) is 0 Å². The largest absolute Gasteiger partial charge is 0.465 e. The SMILES string of the molecule is CCNC=C(C(=O)C=Cc1ccccc1)C(=O)OC. The predicted octanol–water partition coefficient (Wildman–Crippen LogP) is 1.94. The lowest BCUT2D eigenvalue weighted by molar-refractivity contribution is -0.137. The van der Waals surface area contributed by atoms with Crippen LogP contribution >= 0.6 is 0 Å². The summed E-state index contributed by atoms with van der Waals surface area (Å²) in [5.74, 6) is -1.04. The molecule has 0 atom stereocenters. The molecule has 0 saturated carbocycles. The van der Waals surface area contributed by atoms with Crippen molar-refractivity contribution in [3.05, 3.63) is 53.7 Å². The van der Waals surface area contributed by atoms with Crippen molar-refractivity contribution in [3.8, 4) is 0 Å². The van der Waals surface area contributed by atoms with E-state index in [0.717, 1.165) is 5.56 Å². The van der Waals surface area contributed by atoms with Crippen LogP contribution < -0.4 is 5.32 Å². The second-order valence-corrected chi connectivity index (χ2v) is 3.72. The first kappa shape index (κ1) is 14.7. The molecule has 1 aromatic carbocycles. The maximum atomic E-state index is 11.9. The Kier molecular flexibility index (Phi) is 6.09. The molecule has 1 rings (SSSR count). The van der Waals surface area contributed by atoms with Crippen molar-refractivity contribution >= 4 is 17.8 Å². The number of hydrogen-bond donors (Lipinski definition) is 1. The van der Waals surface area contributed by atoms with Crippen molar-refractivity contribution in [1.82, 2.24) is 5.32 Å². The number of ketones is 1. The number of esters is 1. The second-order valence-electron chi connectivity index (χ2n) is 3.72. The summed E-state index contributed by atoms with van der Waals surface area (Å²) in [6, 6.07) is 9.38. The van der Waals surface area contributed by atoms with Gasteiger partial charge in [-0.05, 0) is 18.6 Å².